The molecule has 22 heavy (non-hydrogen) atoms. The average molecular weight is 306 g/mol. The van der Waals surface area contributed by atoms with Gasteiger partial charge in [0.1, 0.15) is 12.4 Å². The second-order valence-electron chi connectivity index (χ2n) is 6.22. The van der Waals surface area contributed by atoms with Crippen LogP contribution < -0.4 is 5.32 Å². The van der Waals surface area contributed by atoms with Gasteiger partial charge in [0.25, 0.3) is 0 Å². The van der Waals surface area contributed by atoms with E-state index in [2.05, 4.69) is 20.3 Å². The van der Waals surface area contributed by atoms with Gasteiger partial charge in [-0.2, -0.15) is 5.10 Å². The molecule has 1 saturated carbocycles. The first-order chi connectivity index (χ1) is 10.6. The van der Waals surface area contributed by atoms with Crippen molar-refractivity contribution >= 4 is 11.6 Å². The molecule has 3 rings (SSSR count). The van der Waals surface area contributed by atoms with Crippen LogP contribution in [-0.4, -0.2) is 52.2 Å². The zero-order valence-electron chi connectivity index (χ0n) is 12.9. The van der Waals surface area contributed by atoms with Gasteiger partial charge in [0.2, 0.25) is 0 Å². The van der Waals surface area contributed by atoms with E-state index in [4.69, 9.17) is 0 Å². The standard InChI is InChI=1S/C14H22N6O2/c1-15-13(18-7-5-14(11-18)3-2-4-14)16-6-8-19-10-12(9-17-19)20(21)22/h9-10H,2-8,11H2,1H3,(H,15,16). The molecule has 2 aliphatic rings. The fourth-order valence-corrected chi connectivity index (χ4v) is 3.38. The number of guanidine groups is 1. The largest absolute Gasteiger partial charge is 0.354 e. The summed E-state index contributed by atoms with van der Waals surface area (Å²) in [7, 11) is 1.80. The number of rotatable bonds is 4. The van der Waals surface area contributed by atoms with Gasteiger partial charge < -0.3 is 10.2 Å². The van der Waals surface area contributed by atoms with Crippen LogP contribution in [0.2, 0.25) is 0 Å². The minimum atomic E-state index is -0.432. The Morgan fingerprint density at radius 2 is 2.36 bits per heavy atom. The normalized spacial score (nSPS) is 20.2. The molecule has 0 atom stereocenters. The predicted molar refractivity (Wildman–Crippen MR) is 82.7 cm³/mol. The molecular formula is C14H22N6O2. The summed E-state index contributed by atoms with van der Waals surface area (Å²) < 4.78 is 1.58. The predicted octanol–water partition coefficient (Wildman–Crippen LogP) is 1.24. The molecule has 8 heteroatoms. The summed E-state index contributed by atoms with van der Waals surface area (Å²) >= 11 is 0. The summed E-state index contributed by atoms with van der Waals surface area (Å²) in [5.41, 5.74) is 0.566. The number of hydrogen-bond acceptors (Lipinski definition) is 4. The van der Waals surface area contributed by atoms with Crippen molar-refractivity contribution in [1.82, 2.24) is 20.0 Å². The Kier molecular flexibility index (Phi) is 4.00. The molecule has 1 N–H and O–H groups in total. The van der Waals surface area contributed by atoms with Gasteiger partial charge in [-0.15, -0.1) is 0 Å². The van der Waals surface area contributed by atoms with Crippen LogP contribution in [0.15, 0.2) is 17.4 Å². The maximum Gasteiger partial charge on any atom is 0.306 e. The number of aromatic nitrogens is 2. The minimum absolute atomic E-state index is 0.0239. The summed E-state index contributed by atoms with van der Waals surface area (Å²) in [6.45, 7) is 3.38. The van der Waals surface area contributed by atoms with Gasteiger partial charge >= 0.3 is 5.69 Å². The molecular weight excluding hydrogens is 284 g/mol. The van der Waals surface area contributed by atoms with Crippen LogP contribution in [0, 0.1) is 15.5 Å². The van der Waals surface area contributed by atoms with Crippen molar-refractivity contribution < 1.29 is 4.92 Å². The molecule has 120 valence electrons. The Morgan fingerprint density at radius 1 is 1.55 bits per heavy atom. The molecule has 0 amide bonds. The first-order valence-electron chi connectivity index (χ1n) is 7.74. The topological polar surface area (TPSA) is 88.6 Å². The van der Waals surface area contributed by atoms with E-state index in [1.54, 1.807) is 11.7 Å². The maximum absolute atomic E-state index is 10.6. The first kappa shape index (κ1) is 14.8. The number of nitrogens with zero attached hydrogens (tertiary/aromatic N) is 5. The number of likely N-dealkylation sites (tertiary alicyclic amines) is 1. The second kappa shape index (κ2) is 5.94. The number of hydrogen-bond donors (Lipinski definition) is 1. The van der Waals surface area contributed by atoms with Gasteiger partial charge in [0.15, 0.2) is 5.96 Å². The monoisotopic (exact) mass is 306 g/mol. The lowest BCUT2D eigenvalue weighted by Gasteiger charge is -2.38. The summed E-state index contributed by atoms with van der Waals surface area (Å²) in [6, 6.07) is 0. The molecule has 1 spiro atoms. The third-order valence-electron chi connectivity index (χ3n) is 4.82. The van der Waals surface area contributed by atoms with E-state index in [9.17, 15) is 10.1 Å². The highest BCUT2D eigenvalue weighted by atomic mass is 16.6. The molecule has 2 heterocycles. The van der Waals surface area contributed by atoms with Gasteiger partial charge in [0, 0.05) is 26.7 Å². The Hall–Kier alpha value is -2.12. The number of nitrogens with one attached hydrogen (secondary N) is 1. The first-order valence-corrected chi connectivity index (χ1v) is 7.74. The summed E-state index contributed by atoms with van der Waals surface area (Å²) in [5, 5.41) is 17.9. The Bertz CT molecular complexity index is 578. The second-order valence-corrected chi connectivity index (χ2v) is 6.22. The molecule has 2 fully saturated rings. The quantitative estimate of drug-likeness (QED) is 0.391. The van der Waals surface area contributed by atoms with E-state index >= 15 is 0 Å². The van der Waals surface area contributed by atoms with Crippen molar-refractivity contribution in [2.45, 2.75) is 32.2 Å². The highest BCUT2D eigenvalue weighted by molar-refractivity contribution is 5.80. The van der Waals surface area contributed by atoms with Gasteiger partial charge in [-0.3, -0.25) is 19.8 Å². The highest BCUT2D eigenvalue weighted by Gasteiger charge is 2.43. The third kappa shape index (κ3) is 2.90. The van der Waals surface area contributed by atoms with Crippen molar-refractivity contribution in [2.24, 2.45) is 10.4 Å². The number of nitro groups is 1. The van der Waals surface area contributed by atoms with E-state index in [1.807, 2.05) is 0 Å². The van der Waals surface area contributed by atoms with E-state index in [-0.39, 0.29) is 5.69 Å². The lowest BCUT2D eigenvalue weighted by Crippen LogP contribution is -2.43. The van der Waals surface area contributed by atoms with Crippen LogP contribution in [-0.2, 0) is 6.54 Å². The fourth-order valence-electron chi connectivity index (χ4n) is 3.38. The van der Waals surface area contributed by atoms with E-state index < -0.39 is 4.92 Å². The minimum Gasteiger partial charge on any atom is -0.354 e. The van der Waals surface area contributed by atoms with Crippen molar-refractivity contribution in [3.05, 3.63) is 22.5 Å². The fraction of sp³-hybridized carbons (Fsp3) is 0.714. The van der Waals surface area contributed by atoms with Gasteiger partial charge in [0.05, 0.1) is 11.5 Å². The van der Waals surface area contributed by atoms with Gasteiger partial charge in [-0.1, -0.05) is 6.42 Å². The Balaban J connectivity index is 1.48. The molecule has 0 radical (unpaired) electrons. The molecule has 1 aromatic rings. The lowest BCUT2D eigenvalue weighted by atomic mass is 9.68. The zero-order chi connectivity index (χ0) is 15.6. The van der Waals surface area contributed by atoms with E-state index in [1.165, 1.54) is 38.1 Å². The average Bonchev–Trinajstić information content (AvgIpc) is 3.10. The molecule has 0 aromatic carbocycles. The maximum atomic E-state index is 10.6. The highest BCUT2D eigenvalue weighted by Crippen LogP contribution is 2.47. The van der Waals surface area contributed by atoms with Crippen LogP contribution in [0.25, 0.3) is 0 Å². The number of aliphatic imine (C=N–C) groups is 1. The summed E-state index contributed by atoms with van der Waals surface area (Å²) in [4.78, 5) is 16.9. The Labute approximate surface area is 129 Å². The Morgan fingerprint density at radius 3 is 2.91 bits per heavy atom. The van der Waals surface area contributed by atoms with Crippen molar-refractivity contribution in [3.8, 4) is 0 Å². The molecule has 1 aliphatic heterocycles. The molecule has 1 aliphatic carbocycles. The van der Waals surface area contributed by atoms with Crippen molar-refractivity contribution in [1.29, 1.82) is 0 Å². The van der Waals surface area contributed by atoms with E-state index in [0.717, 1.165) is 19.0 Å². The third-order valence-corrected chi connectivity index (χ3v) is 4.82. The molecule has 0 bridgehead atoms. The summed E-state index contributed by atoms with van der Waals surface area (Å²) in [5.74, 6) is 0.922. The molecule has 1 aromatic heterocycles. The summed E-state index contributed by atoms with van der Waals surface area (Å²) in [6.07, 6.45) is 8.03. The molecule has 8 nitrogen and oxygen atoms in total. The van der Waals surface area contributed by atoms with E-state index in [0.29, 0.717) is 18.5 Å². The smallest absolute Gasteiger partial charge is 0.306 e. The van der Waals surface area contributed by atoms with Gasteiger partial charge in [-0.05, 0) is 24.7 Å². The van der Waals surface area contributed by atoms with Crippen molar-refractivity contribution in [2.75, 3.05) is 26.7 Å². The zero-order valence-corrected chi connectivity index (χ0v) is 12.9. The van der Waals surface area contributed by atoms with Crippen LogP contribution in [0.5, 0.6) is 0 Å². The molecule has 1 saturated heterocycles. The van der Waals surface area contributed by atoms with Crippen LogP contribution in [0.3, 0.4) is 0 Å². The van der Waals surface area contributed by atoms with Crippen LogP contribution >= 0.6 is 0 Å². The van der Waals surface area contributed by atoms with Crippen LogP contribution in [0.1, 0.15) is 25.7 Å². The SMILES string of the molecule is CN=C(NCCn1cc([N+](=O)[O-])cn1)N1CCC2(CCC2)C1. The van der Waals surface area contributed by atoms with Gasteiger partial charge in [-0.25, -0.2) is 0 Å². The lowest BCUT2D eigenvalue weighted by molar-refractivity contribution is -0.385. The van der Waals surface area contributed by atoms with Crippen LogP contribution in [0.4, 0.5) is 5.69 Å². The molecule has 0 unspecified atom stereocenters. The van der Waals surface area contributed by atoms with Crippen molar-refractivity contribution in [3.63, 3.8) is 0 Å².